The Hall–Kier alpha value is -2.34. The van der Waals surface area contributed by atoms with Crippen molar-refractivity contribution in [1.82, 2.24) is 9.88 Å². The zero-order chi connectivity index (χ0) is 17.7. The van der Waals surface area contributed by atoms with Crippen LogP contribution in [0.5, 0.6) is 0 Å². The minimum absolute atomic E-state index is 0.0640. The summed E-state index contributed by atoms with van der Waals surface area (Å²) in [7, 11) is 1.26. The fourth-order valence-electron chi connectivity index (χ4n) is 2.15. The van der Waals surface area contributed by atoms with E-state index in [4.69, 9.17) is 16.0 Å². The Morgan fingerprint density at radius 1 is 1.29 bits per heavy atom. The fraction of sp³-hybridized carbons (Fsp3) is 0.353. The Bertz CT molecular complexity index is 700. The lowest BCUT2D eigenvalue weighted by atomic mass is 10.1. The van der Waals surface area contributed by atoms with Gasteiger partial charge in [0, 0.05) is 6.04 Å². The molecule has 1 aromatic heterocycles. The highest BCUT2D eigenvalue weighted by atomic mass is 35.5. The number of rotatable bonds is 6. The second-order valence-electron chi connectivity index (χ2n) is 5.45. The van der Waals surface area contributed by atoms with Gasteiger partial charge >= 0.3 is 5.97 Å². The molecule has 2 aromatic rings. The van der Waals surface area contributed by atoms with Crippen molar-refractivity contribution in [3.8, 4) is 0 Å². The standard InChI is InChI=1S/C17H19ClN2O4/c1-11(2)20(9-14-19-13(10-24-14)17(22)23-3)16(21)15(18)12-7-5-4-6-8-12/h4-8,10-11,15H,9H2,1-3H3/t15-/m1/s1. The van der Waals surface area contributed by atoms with Gasteiger partial charge in [0.2, 0.25) is 11.8 Å². The fourth-order valence-corrected chi connectivity index (χ4v) is 2.42. The molecule has 7 heteroatoms. The largest absolute Gasteiger partial charge is 0.464 e. The van der Waals surface area contributed by atoms with Gasteiger partial charge in [-0.05, 0) is 19.4 Å². The first-order valence-corrected chi connectivity index (χ1v) is 7.90. The number of halogens is 1. The maximum Gasteiger partial charge on any atom is 0.360 e. The molecule has 0 radical (unpaired) electrons. The van der Waals surface area contributed by atoms with E-state index in [1.54, 1.807) is 17.0 Å². The Morgan fingerprint density at radius 2 is 1.96 bits per heavy atom. The number of benzene rings is 1. The van der Waals surface area contributed by atoms with Crippen LogP contribution in [-0.4, -0.2) is 34.9 Å². The number of carbonyl (C=O) groups is 2. The minimum Gasteiger partial charge on any atom is -0.464 e. The van der Waals surface area contributed by atoms with Crippen molar-refractivity contribution in [2.24, 2.45) is 0 Å². The van der Waals surface area contributed by atoms with Gasteiger partial charge in [0.15, 0.2) is 5.69 Å². The molecule has 0 aliphatic rings. The maximum absolute atomic E-state index is 12.7. The van der Waals surface area contributed by atoms with Gasteiger partial charge in [0.05, 0.1) is 13.7 Å². The van der Waals surface area contributed by atoms with Crippen LogP contribution in [0.1, 0.15) is 41.2 Å². The molecule has 0 N–H and O–H groups in total. The van der Waals surface area contributed by atoms with Crippen molar-refractivity contribution in [1.29, 1.82) is 0 Å². The average molecular weight is 351 g/mol. The van der Waals surface area contributed by atoms with Crippen LogP contribution >= 0.6 is 11.6 Å². The van der Waals surface area contributed by atoms with E-state index in [0.29, 0.717) is 0 Å². The number of amides is 1. The number of nitrogens with zero attached hydrogens (tertiary/aromatic N) is 2. The van der Waals surface area contributed by atoms with Crippen LogP contribution in [0, 0.1) is 0 Å². The van der Waals surface area contributed by atoms with Crippen molar-refractivity contribution in [2.45, 2.75) is 31.8 Å². The highest BCUT2D eigenvalue weighted by molar-refractivity contribution is 6.30. The molecule has 2 rings (SSSR count). The third-order valence-corrected chi connectivity index (χ3v) is 3.91. The first-order chi connectivity index (χ1) is 11.4. The zero-order valence-electron chi connectivity index (χ0n) is 13.7. The number of carbonyl (C=O) groups excluding carboxylic acids is 2. The molecule has 0 fully saturated rings. The topological polar surface area (TPSA) is 72.6 Å². The van der Waals surface area contributed by atoms with E-state index in [0.717, 1.165) is 5.56 Å². The van der Waals surface area contributed by atoms with Crippen LogP contribution in [-0.2, 0) is 16.1 Å². The van der Waals surface area contributed by atoms with Crippen molar-refractivity contribution < 1.29 is 18.7 Å². The molecular weight excluding hydrogens is 332 g/mol. The lowest BCUT2D eigenvalue weighted by molar-refractivity contribution is -0.133. The molecule has 0 unspecified atom stereocenters. The third-order valence-electron chi connectivity index (χ3n) is 3.47. The summed E-state index contributed by atoms with van der Waals surface area (Å²) >= 11 is 6.32. The van der Waals surface area contributed by atoms with E-state index in [1.807, 2.05) is 32.0 Å². The van der Waals surface area contributed by atoms with Gasteiger partial charge < -0.3 is 14.1 Å². The summed E-state index contributed by atoms with van der Waals surface area (Å²) in [6, 6.07) is 9.00. The number of aromatic nitrogens is 1. The number of hydrogen-bond acceptors (Lipinski definition) is 5. The predicted molar refractivity (Wildman–Crippen MR) is 88.6 cm³/mol. The van der Waals surface area contributed by atoms with Crippen LogP contribution in [0.3, 0.4) is 0 Å². The molecule has 24 heavy (non-hydrogen) atoms. The van der Waals surface area contributed by atoms with Crippen LogP contribution in [0.15, 0.2) is 41.0 Å². The molecule has 1 aromatic carbocycles. The quantitative estimate of drug-likeness (QED) is 0.591. The van der Waals surface area contributed by atoms with E-state index < -0.39 is 11.3 Å². The molecule has 6 nitrogen and oxygen atoms in total. The molecule has 1 amide bonds. The van der Waals surface area contributed by atoms with Gasteiger partial charge in [0.1, 0.15) is 11.6 Å². The van der Waals surface area contributed by atoms with Crippen LogP contribution in [0.4, 0.5) is 0 Å². The number of alkyl halides is 1. The van der Waals surface area contributed by atoms with Crippen LogP contribution in [0.2, 0.25) is 0 Å². The second-order valence-corrected chi connectivity index (χ2v) is 5.89. The molecular formula is C17H19ClN2O4. The average Bonchev–Trinajstić information content (AvgIpc) is 3.07. The predicted octanol–water partition coefficient (Wildman–Crippen LogP) is 3.18. The van der Waals surface area contributed by atoms with Gasteiger partial charge in [-0.25, -0.2) is 9.78 Å². The monoisotopic (exact) mass is 350 g/mol. The Balaban J connectivity index is 2.16. The third kappa shape index (κ3) is 4.14. The van der Waals surface area contributed by atoms with Gasteiger partial charge in [0.25, 0.3) is 0 Å². The first kappa shape index (κ1) is 18.0. The smallest absolute Gasteiger partial charge is 0.360 e. The summed E-state index contributed by atoms with van der Waals surface area (Å²) < 4.78 is 9.84. The summed E-state index contributed by atoms with van der Waals surface area (Å²) in [5, 5.41) is -0.802. The molecule has 0 spiro atoms. The van der Waals surface area contributed by atoms with Gasteiger partial charge in [-0.15, -0.1) is 11.6 Å². The Kier molecular flexibility index (Phi) is 5.98. The number of ether oxygens (including phenoxy) is 1. The molecule has 0 bridgehead atoms. The van der Waals surface area contributed by atoms with Crippen molar-refractivity contribution in [2.75, 3.05) is 7.11 Å². The highest BCUT2D eigenvalue weighted by Crippen LogP contribution is 2.24. The summed E-state index contributed by atoms with van der Waals surface area (Å²) in [5.74, 6) is -0.600. The van der Waals surface area contributed by atoms with E-state index in [-0.39, 0.29) is 30.1 Å². The number of oxazole rings is 1. The van der Waals surface area contributed by atoms with E-state index >= 15 is 0 Å². The van der Waals surface area contributed by atoms with Gasteiger partial charge in [-0.2, -0.15) is 0 Å². The first-order valence-electron chi connectivity index (χ1n) is 7.46. The Labute approximate surface area is 145 Å². The number of esters is 1. The van der Waals surface area contributed by atoms with E-state index in [1.165, 1.54) is 13.4 Å². The molecule has 128 valence electrons. The zero-order valence-corrected chi connectivity index (χ0v) is 14.5. The minimum atomic E-state index is -0.802. The van der Waals surface area contributed by atoms with E-state index in [9.17, 15) is 9.59 Å². The van der Waals surface area contributed by atoms with Crippen LogP contribution in [0.25, 0.3) is 0 Å². The number of hydrogen-bond donors (Lipinski definition) is 0. The van der Waals surface area contributed by atoms with Crippen molar-refractivity contribution in [3.05, 3.63) is 53.7 Å². The molecule has 0 aliphatic heterocycles. The van der Waals surface area contributed by atoms with E-state index in [2.05, 4.69) is 9.72 Å². The Morgan fingerprint density at radius 3 is 2.54 bits per heavy atom. The van der Waals surface area contributed by atoms with Crippen molar-refractivity contribution >= 4 is 23.5 Å². The van der Waals surface area contributed by atoms with Crippen molar-refractivity contribution in [3.63, 3.8) is 0 Å². The molecule has 0 saturated carbocycles. The summed E-state index contributed by atoms with van der Waals surface area (Å²) in [6.07, 6.45) is 1.21. The highest BCUT2D eigenvalue weighted by Gasteiger charge is 2.27. The second kappa shape index (κ2) is 7.97. The van der Waals surface area contributed by atoms with Gasteiger partial charge in [-0.3, -0.25) is 4.79 Å². The maximum atomic E-state index is 12.7. The summed E-state index contributed by atoms with van der Waals surface area (Å²) in [4.78, 5) is 29.7. The lowest BCUT2D eigenvalue weighted by Gasteiger charge is -2.27. The summed E-state index contributed by atoms with van der Waals surface area (Å²) in [5.41, 5.74) is 0.784. The normalized spacial score (nSPS) is 12.0. The van der Waals surface area contributed by atoms with Gasteiger partial charge in [-0.1, -0.05) is 30.3 Å². The molecule has 0 saturated heterocycles. The molecule has 1 atom stereocenters. The molecule has 1 heterocycles. The molecule has 0 aliphatic carbocycles. The lowest BCUT2D eigenvalue weighted by Crippen LogP contribution is -2.38. The van der Waals surface area contributed by atoms with Crippen LogP contribution < -0.4 is 0 Å². The SMILES string of the molecule is COC(=O)c1coc(CN(C(=O)[C@H](Cl)c2ccccc2)C(C)C)n1. The summed E-state index contributed by atoms with van der Waals surface area (Å²) in [6.45, 7) is 3.86. The number of methoxy groups -OCH3 is 1.